The van der Waals surface area contributed by atoms with E-state index >= 15 is 0 Å². The highest BCUT2D eigenvalue weighted by Gasteiger charge is 2.30. The Morgan fingerprint density at radius 1 is 0.826 bits per heavy atom. The summed E-state index contributed by atoms with van der Waals surface area (Å²) in [6.07, 6.45) is 24.4. The zero-order valence-corrected chi connectivity index (χ0v) is 15.5. The van der Waals surface area contributed by atoms with E-state index in [1.807, 2.05) is 0 Å². The molecule has 0 radical (unpaired) electrons. The number of hydrogen-bond acceptors (Lipinski definition) is 2. The zero-order chi connectivity index (χ0) is 16.6. The molecule has 0 aromatic rings. The maximum absolute atomic E-state index is 9.67. The van der Waals surface area contributed by atoms with Gasteiger partial charge in [0.15, 0.2) is 0 Å². The van der Waals surface area contributed by atoms with Crippen LogP contribution in [0.3, 0.4) is 0 Å². The van der Waals surface area contributed by atoms with Crippen LogP contribution >= 0.6 is 0 Å². The van der Waals surface area contributed by atoms with Gasteiger partial charge in [-0.15, -0.1) is 0 Å². The van der Waals surface area contributed by atoms with Crippen molar-refractivity contribution in [3.63, 3.8) is 0 Å². The first-order chi connectivity index (χ1) is 11.3. The van der Waals surface area contributed by atoms with Crippen LogP contribution in [0.15, 0.2) is 12.2 Å². The fourth-order valence-electron chi connectivity index (χ4n) is 3.06. The van der Waals surface area contributed by atoms with Crippen LogP contribution in [-0.2, 0) is 4.74 Å². The summed E-state index contributed by atoms with van der Waals surface area (Å²) < 4.78 is 5.09. The average Bonchev–Trinajstić information content (AvgIpc) is 3.39. The van der Waals surface area contributed by atoms with E-state index in [2.05, 4.69) is 19.1 Å². The Labute approximate surface area is 144 Å². The number of aliphatic hydroxyl groups is 1. The van der Waals surface area contributed by atoms with E-state index in [1.165, 1.54) is 83.5 Å². The molecule has 23 heavy (non-hydrogen) atoms. The summed E-state index contributed by atoms with van der Waals surface area (Å²) in [4.78, 5) is 0. The zero-order valence-electron chi connectivity index (χ0n) is 15.5. The molecule has 1 rings (SSSR count). The minimum Gasteiger partial charge on any atom is -0.390 e. The van der Waals surface area contributed by atoms with Crippen molar-refractivity contribution in [3.8, 4) is 0 Å². The van der Waals surface area contributed by atoms with Crippen LogP contribution in [0, 0.1) is 0 Å². The van der Waals surface area contributed by atoms with Gasteiger partial charge in [-0.1, -0.05) is 83.3 Å². The van der Waals surface area contributed by atoms with Crippen LogP contribution in [0.25, 0.3) is 0 Å². The van der Waals surface area contributed by atoms with E-state index < -0.39 is 0 Å². The topological polar surface area (TPSA) is 32.8 Å². The van der Waals surface area contributed by atoms with Crippen molar-refractivity contribution in [3.05, 3.63) is 12.2 Å². The second-order valence-corrected chi connectivity index (χ2v) is 7.17. The van der Waals surface area contributed by atoms with Gasteiger partial charge in [0.2, 0.25) is 0 Å². The predicted octanol–water partition coefficient (Wildman–Crippen LogP) is 6.17. The quantitative estimate of drug-likeness (QED) is 0.197. The van der Waals surface area contributed by atoms with Crippen molar-refractivity contribution in [2.45, 2.75) is 115 Å². The van der Waals surface area contributed by atoms with E-state index in [0.717, 1.165) is 19.4 Å². The van der Waals surface area contributed by atoms with Gasteiger partial charge < -0.3 is 9.84 Å². The van der Waals surface area contributed by atoms with Gasteiger partial charge in [0.05, 0.1) is 12.7 Å². The number of allylic oxidation sites excluding steroid dienone is 2. The van der Waals surface area contributed by atoms with Crippen LogP contribution in [0.5, 0.6) is 0 Å². The predicted molar refractivity (Wildman–Crippen MR) is 99.8 cm³/mol. The van der Waals surface area contributed by atoms with E-state index in [-0.39, 0.29) is 12.2 Å². The first kappa shape index (κ1) is 20.7. The number of rotatable bonds is 17. The number of aliphatic hydroxyl groups excluding tert-OH is 1. The van der Waals surface area contributed by atoms with Crippen molar-refractivity contribution in [2.75, 3.05) is 6.61 Å². The van der Waals surface area contributed by atoms with Crippen molar-refractivity contribution < 1.29 is 9.84 Å². The summed E-state index contributed by atoms with van der Waals surface area (Å²) in [7, 11) is 0. The Kier molecular flexibility index (Phi) is 13.7. The Bertz CT molecular complexity index is 271. The highest BCUT2D eigenvalue weighted by molar-refractivity contribution is 4.81. The molecule has 1 aliphatic heterocycles. The Morgan fingerprint density at radius 2 is 1.30 bits per heavy atom. The first-order valence-corrected chi connectivity index (χ1v) is 10.3. The number of epoxide rings is 1. The summed E-state index contributed by atoms with van der Waals surface area (Å²) in [5, 5.41) is 9.67. The third-order valence-electron chi connectivity index (χ3n) is 4.80. The molecule has 2 atom stereocenters. The normalized spacial score (nSPS) is 18.6. The molecule has 1 heterocycles. The fraction of sp³-hybridized carbons (Fsp3) is 0.905. The third-order valence-corrected chi connectivity index (χ3v) is 4.80. The first-order valence-electron chi connectivity index (χ1n) is 10.3. The molecular weight excluding hydrogens is 284 g/mol. The molecule has 0 aromatic carbocycles. The van der Waals surface area contributed by atoms with Gasteiger partial charge in [-0.25, -0.2) is 0 Å². The summed E-state index contributed by atoms with van der Waals surface area (Å²) in [5.74, 6) is 0. The molecule has 0 spiro atoms. The smallest absolute Gasteiger partial charge is 0.107 e. The Morgan fingerprint density at radius 3 is 1.83 bits per heavy atom. The molecule has 0 amide bonds. The minimum absolute atomic E-state index is 0.165. The average molecular weight is 325 g/mol. The van der Waals surface area contributed by atoms with Gasteiger partial charge in [0.1, 0.15) is 6.10 Å². The molecule has 136 valence electrons. The van der Waals surface area contributed by atoms with E-state index in [0.29, 0.717) is 0 Å². The van der Waals surface area contributed by atoms with Crippen molar-refractivity contribution in [1.82, 2.24) is 0 Å². The van der Waals surface area contributed by atoms with Gasteiger partial charge in [-0.3, -0.25) is 0 Å². The second-order valence-electron chi connectivity index (χ2n) is 7.17. The fourth-order valence-corrected chi connectivity index (χ4v) is 3.06. The summed E-state index contributed by atoms with van der Waals surface area (Å²) >= 11 is 0. The molecule has 1 N–H and O–H groups in total. The lowest BCUT2D eigenvalue weighted by Crippen LogP contribution is -2.13. The molecule has 1 aliphatic rings. The number of ether oxygens (including phenoxy) is 1. The molecule has 0 saturated carbocycles. The van der Waals surface area contributed by atoms with Crippen molar-refractivity contribution >= 4 is 0 Å². The molecule has 1 fully saturated rings. The SMILES string of the molecule is CCCCCCCCC=CCCCCCCCCC(O)C1CO1. The standard InChI is InChI=1S/C21H40O2/c1-2-3-4-5-6-7-8-9-10-11-12-13-14-15-16-17-18-20(22)21-19-23-21/h9-10,20-22H,2-8,11-19H2,1H3. The maximum Gasteiger partial charge on any atom is 0.107 e. The number of unbranched alkanes of at least 4 members (excludes halogenated alkanes) is 12. The van der Waals surface area contributed by atoms with Crippen LogP contribution < -0.4 is 0 Å². The molecule has 0 aromatic heterocycles. The summed E-state index contributed by atoms with van der Waals surface area (Å²) in [6.45, 7) is 3.05. The van der Waals surface area contributed by atoms with Gasteiger partial charge >= 0.3 is 0 Å². The van der Waals surface area contributed by atoms with Crippen molar-refractivity contribution in [2.24, 2.45) is 0 Å². The van der Waals surface area contributed by atoms with Crippen LogP contribution in [0.4, 0.5) is 0 Å². The Hall–Kier alpha value is -0.340. The lowest BCUT2D eigenvalue weighted by Gasteiger charge is -2.06. The molecule has 0 aliphatic carbocycles. The summed E-state index contributed by atoms with van der Waals surface area (Å²) in [6, 6.07) is 0. The third kappa shape index (κ3) is 13.8. The van der Waals surface area contributed by atoms with Crippen LogP contribution in [-0.4, -0.2) is 23.9 Å². The van der Waals surface area contributed by atoms with Gasteiger partial charge in [-0.2, -0.15) is 0 Å². The molecule has 2 heteroatoms. The van der Waals surface area contributed by atoms with Gasteiger partial charge in [0, 0.05) is 0 Å². The molecule has 0 bridgehead atoms. The lowest BCUT2D eigenvalue weighted by molar-refractivity contribution is 0.123. The van der Waals surface area contributed by atoms with Crippen molar-refractivity contribution in [1.29, 1.82) is 0 Å². The maximum atomic E-state index is 9.67. The molecule has 2 unspecified atom stereocenters. The van der Waals surface area contributed by atoms with E-state index in [9.17, 15) is 5.11 Å². The highest BCUT2D eigenvalue weighted by atomic mass is 16.6. The Balaban J connectivity index is 1.69. The lowest BCUT2D eigenvalue weighted by atomic mass is 10.0. The highest BCUT2D eigenvalue weighted by Crippen LogP contribution is 2.19. The number of hydrogen-bond donors (Lipinski definition) is 1. The monoisotopic (exact) mass is 324 g/mol. The van der Waals surface area contributed by atoms with E-state index in [4.69, 9.17) is 4.74 Å². The van der Waals surface area contributed by atoms with Gasteiger partial charge in [0.25, 0.3) is 0 Å². The molecule has 2 nitrogen and oxygen atoms in total. The van der Waals surface area contributed by atoms with Crippen LogP contribution in [0.1, 0.15) is 103 Å². The van der Waals surface area contributed by atoms with E-state index in [1.54, 1.807) is 0 Å². The largest absolute Gasteiger partial charge is 0.390 e. The molecular formula is C21H40O2. The molecule has 1 saturated heterocycles. The minimum atomic E-state index is -0.202. The summed E-state index contributed by atoms with van der Waals surface area (Å²) in [5.41, 5.74) is 0. The van der Waals surface area contributed by atoms with Crippen LogP contribution in [0.2, 0.25) is 0 Å². The van der Waals surface area contributed by atoms with Gasteiger partial charge in [-0.05, 0) is 32.1 Å². The second kappa shape index (κ2) is 15.2.